The molecule has 2 aromatic carbocycles. The van der Waals surface area contributed by atoms with Gasteiger partial charge in [0.25, 0.3) is 0 Å². The molecule has 11 rings (SSSR count). The predicted octanol–water partition coefficient (Wildman–Crippen LogP) is 6.80. The number of carboxylic acid groups (broad SMARTS) is 1. The van der Waals surface area contributed by atoms with Crippen molar-refractivity contribution in [2.75, 3.05) is 43.9 Å². The van der Waals surface area contributed by atoms with Crippen molar-refractivity contribution in [2.45, 2.75) is 51.6 Å². The molecule has 15 heteroatoms. The number of likely N-dealkylation sites (N-methyl/N-ethyl adjacent to an activating group) is 1. The molecule has 3 N–H and O–H groups in total. The number of anilines is 4. The lowest BCUT2D eigenvalue weighted by molar-refractivity contribution is -0.142. The molecule has 0 saturated carbocycles. The van der Waals surface area contributed by atoms with Crippen LogP contribution in [0.1, 0.15) is 56.0 Å². The van der Waals surface area contributed by atoms with Gasteiger partial charge in [-0.3, -0.25) is 19.6 Å². The summed E-state index contributed by atoms with van der Waals surface area (Å²) < 4.78 is 0. The summed E-state index contributed by atoms with van der Waals surface area (Å²) in [6.07, 6.45) is 11.6. The molecule has 58 heavy (non-hydrogen) atoms. The lowest BCUT2D eigenvalue weighted by Gasteiger charge is -2.35. The highest BCUT2D eigenvalue weighted by Gasteiger charge is 2.33. The summed E-state index contributed by atoms with van der Waals surface area (Å²) >= 11 is 3.31. The number of nitrogens with zero attached hydrogens (tertiary/aromatic N) is 8. The van der Waals surface area contributed by atoms with Crippen LogP contribution in [0.4, 0.5) is 23.0 Å². The van der Waals surface area contributed by atoms with Crippen molar-refractivity contribution in [1.29, 1.82) is 0 Å². The third kappa shape index (κ3) is 7.00. The van der Waals surface area contributed by atoms with Gasteiger partial charge >= 0.3 is 5.97 Å². The molecule has 0 spiro atoms. The molecule has 1 amide bonds. The van der Waals surface area contributed by atoms with Crippen molar-refractivity contribution in [3.05, 3.63) is 92.2 Å². The van der Waals surface area contributed by atoms with Crippen LogP contribution in [-0.4, -0.2) is 92.4 Å². The zero-order valence-electron chi connectivity index (χ0n) is 32.1. The number of piperazine rings is 1. The van der Waals surface area contributed by atoms with Crippen LogP contribution in [0.2, 0.25) is 0 Å². The SMILES string of the molecule is CN1CCN(C(=O)[C@H]2CCc3c(sc4ncnc(Nc5ccc6c(c5)C=NC6)c34)C2)CC1.O=C(O)[C@H]1CCc2c(sc3ncnc(Nc4ccc5c(c4)C=NC5)c23)C1. The maximum absolute atomic E-state index is 13.1. The fraction of sp³-hybridized carbons (Fsp3) is 0.349. The second-order valence-electron chi connectivity index (χ2n) is 15.7. The number of rotatable bonds is 6. The van der Waals surface area contributed by atoms with E-state index in [0.717, 1.165) is 124 Å². The van der Waals surface area contributed by atoms with Crippen LogP contribution in [0.25, 0.3) is 20.4 Å². The molecule has 2 aliphatic carbocycles. The molecule has 5 aliphatic rings. The number of nitrogens with one attached hydrogen (secondary N) is 2. The Morgan fingerprint density at radius 2 is 1.22 bits per heavy atom. The highest BCUT2D eigenvalue weighted by molar-refractivity contribution is 7.19. The third-order valence-electron chi connectivity index (χ3n) is 12.0. The maximum Gasteiger partial charge on any atom is 0.306 e. The summed E-state index contributed by atoms with van der Waals surface area (Å²) in [5, 5.41) is 18.4. The number of aliphatic imine (C=N–C) groups is 2. The first-order chi connectivity index (χ1) is 28.3. The fourth-order valence-corrected chi connectivity index (χ4v) is 11.3. The average Bonchev–Trinajstić information content (AvgIpc) is 4.05. The Morgan fingerprint density at radius 1 is 0.707 bits per heavy atom. The molecular formula is C43H42N10O3S2. The molecular weight excluding hydrogens is 769 g/mol. The molecule has 4 aromatic heterocycles. The largest absolute Gasteiger partial charge is 0.481 e. The van der Waals surface area contributed by atoms with Crippen LogP contribution in [0.15, 0.2) is 59.0 Å². The van der Waals surface area contributed by atoms with Gasteiger partial charge in [-0.25, -0.2) is 19.9 Å². The van der Waals surface area contributed by atoms with Gasteiger partial charge < -0.3 is 25.5 Å². The smallest absolute Gasteiger partial charge is 0.306 e. The minimum atomic E-state index is -0.711. The van der Waals surface area contributed by atoms with Crippen LogP contribution in [-0.2, 0) is 48.4 Å². The van der Waals surface area contributed by atoms with Gasteiger partial charge in [-0.15, -0.1) is 22.7 Å². The number of thiophene rings is 2. The number of hydrogen-bond donors (Lipinski definition) is 3. The minimum absolute atomic E-state index is 0.0827. The van der Waals surface area contributed by atoms with Crippen molar-refractivity contribution in [3.8, 4) is 0 Å². The van der Waals surface area contributed by atoms with E-state index in [2.05, 4.69) is 87.7 Å². The van der Waals surface area contributed by atoms with Crippen molar-refractivity contribution < 1.29 is 14.7 Å². The van der Waals surface area contributed by atoms with Crippen LogP contribution >= 0.6 is 22.7 Å². The van der Waals surface area contributed by atoms with Crippen LogP contribution in [0.3, 0.4) is 0 Å². The first kappa shape index (κ1) is 36.7. The number of hydrogen-bond acceptors (Lipinski definition) is 13. The number of carbonyl (C=O) groups is 2. The van der Waals surface area contributed by atoms with Crippen molar-refractivity contribution >= 4 is 90.4 Å². The maximum atomic E-state index is 13.1. The van der Waals surface area contributed by atoms with E-state index in [4.69, 9.17) is 0 Å². The topological polar surface area (TPSA) is 161 Å². The van der Waals surface area contributed by atoms with E-state index in [1.807, 2.05) is 18.5 Å². The quantitative estimate of drug-likeness (QED) is 0.163. The molecule has 13 nitrogen and oxygen atoms in total. The monoisotopic (exact) mass is 810 g/mol. The van der Waals surface area contributed by atoms with Gasteiger partial charge in [-0.2, -0.15) is 0 Å². The van der Waals surface area contributed by atoms with E-state index in [1.165, 1.54) is 27.1 Å². The molecule has 7 heterocycles. The normalized spacial score (nSPS) is 19.3. The Hall–Kier alpha value is -5.64. The first-order valence-corrected chi connectivity index (χ1v) is 21.5. The summed E-state index contributed by atoms with van der Waals surface area (Å²) in [4.78, 5) is 59.8. The molecule has 2 atom stereocenters. The number of benzene rings is 2. The van der Waals surface area contributed by atoms with Gasteiger partial charge in [0.1, 0.15) is 34.0 Å². The zero-order chi connectivity index (χ0) is 39.3. The Bertz CT molecular complexity index is 2660. The molecule has 1 saturated heterocycles. The molecule has 0 radical (unpaired) electrons. The highest BCUT2D eigenvalue weighted by Crippen LogP contribution is 2.42. The molecule has 3 aliphatic heterocycles. The number of carboxylic acids is 1. The van der Waals surface area contributed by atoms with Gasteiger partial charge in [0, 0.05) is 65.7 Å². The van der Waals surface area contributed by atoms with E-state index < -0.39 is 5.97 Å². The summed E-state index contributed by atoms with van der Waals surface area (Å²) in [6, 6.07) is 12.6. The lowest BCUT2D eigenvalue weighted by Crippen LogP contribution is -2.49. The van der Waals surface area contributed by atoms with Gasteiger partial charge in [0.2, 0.25) is 5.91 Å². The van der Waals surface area contributed by atoms with Gasteiger partial charge in [0.15, 0.2) is 0 Å². The number of aromatic nitrogens is 4. The van der Waals surface area contributed by atoms with Crippen molar-refractivity contribution in [2.24, 2.45) is 21.8 Å². The summed E-state index contributed by atoms with van der Waals surface area (Å²) in [5.74, 6) is 1.04. The predicted molar refractivity (Wildman–Crippen MR) is 230 cm³/mol. The number of aliphatic carboxylic acids is 1. The lowest BCUT2D eigenvalue weighted by atomic mass is 9.86. The van der Waals surface area contributed by atoms with E-state index in [0.29, 0.717) is 18.7 Å². The summed E-state index contributed by atoms with van der Waals surface area (Å²) in [6.45, 7) is 5.12. The Labute approximate surface area is 343 Å². The Balaban J connectivity index is 0.000000144. The van der Waals surface area contributed by atoms with Crippen molar-refractivity contribution in [1.82, 2.24) is 29.7 Å². The second-order valence-corrected chi connectivity index (χ2v) is 17.8. The Kier molecular flexibility index (Phi) is 9.66. The second kappa shape index (κ2) is 15.3. The molecule has 0 bridgehead atoms. The van der Waals surface area contributed by atoms with Crippen molar-refractivity contribution in [3.63, 3.8) is 0 Å². The molecule has 294 valence electrons. The molecule has 1 fully saturated rings. The molecule has 0 unspecified atom stereocenters. The number of fused-ring (bicyclic) bond motifs is 8. The zero-order valence-corrected chi connectivity index (χ0v) is 33.7. The summed E-state index contributed by atoms with van der Waals surface area (Å²) in [5.41, 5.74) is 9.29. The number of aryl methyl sites for hydroxylation is 2. The van der Waals surface area contributed by atoms with E-state index in [9.17, 15) is 14.7 Å². The average molecular weight is 811 g/mol. The standard InChI is InChI=1S/C24H26N6OS.C19H16N4O2S/c1-29-6-8-30(9-7-29)24(31)15-3-5-19-20(11-15)32-23-21(19)22(26-14-27-23)28-18-4-2-16-12-25-13-17(16)10-18;24-19(25)10-2-4-14-15(6-10)26-18-16(14)17(21-9-22-18)23-13-3-1-11-7-20-8-12(11)5-13/h2,4,10,13-15H,3,5-9,11-12H2,1H3,(H,26,27,28);1,3,5,8-10H,2,4,6-7H2,(H,24,25)(H,21,22,23)/t15-;10-/m00/s1. The van der Waals surface area contributed by atoms with Crippen LogP contribution < -0.4 is 10.6 Å². The number of carbonyl (C=O) groups excluding carboxylic acids is 1. The van der Waals surface area contributed by atoms with Gasteiger partial charge in [-0.1, -0.05) is 12.1 Å². The van der Waals surface area contributed by atoms with Gasteiger partial charge in [-0.05, 0) is 103 Å². The van der Waals surface area contributed by atoms with E-state index in [1.54, 1.807) is 35.3 Å². The van der Waals surface area contributed by atoms with E-state index >= 15 is 0 Å². The third-order valence-corrected chi connectivity index (χ3v) is 14.3. The minimum Gasteiger partial charge on any atom is -0.481 e. The fourth-order valence-electron chi connectivity index (χ4n) is 8.75. The van der Waals surface area contributed by atoms with Gasteiger partial charge in [0.05, 0.1) is 29.8 Å². The van der Waals surface area contributed by atoms with Crippen LogP contribution in [0, 0.1) is 11.8 Å². The van der Waals surface area contributed by atoms with Crippen LogP contribution in [0.5, 0.6) is 0 Å². The number of amides is 1. The van der Waals surface area contributed by atoms with E-state index in [-0.39, 0.29) is 11.8 Å². The summed E-state index contributed by atoms with van der Waals surface area (Å²) in [7, 11) is 2.12. The molecule has 6 aromatic rings. The Morgan fingerprint density at radius 3 is 1.76 bits per heavy atom. The highest BCUT2D eigenvalue weighted by atomic mass is 32.1. The first-order valence-electron chi connectivity index (χ1n) is 19.8.